The molecule has 2 aromatic rings. The highest BCUT2D eigenvalue weighted by Gasteiger charge is 2.36. The molecule has 0 aliphatic carbocycles. The van der Waals surface area contributed by atoms with Crippen molar-refractivity contribution in [1.29, 1.82) is 0 Å². The van der Waals surface area contributed by atoms with Crippen LogP contribution in [0.3, 0.4) is 0 Å². The van der Waals surface area contributed by atoms with E-state index in [-0.39, 0.29) is 31.1 Å². The minimum atomic E-state index is -0.707. The number of rotatable bonds is 12. The Kier molecular flexibility index (Phi) is 13.0. The van der Waals surface area contributed by atoms with E-state index in [1.54, 1.807) is 41.2 Å². The van der Waals surface area contributed by atoms with Gasteiger partial charge in [0.25, 0.3) is 5.91 Å². The maximum Gasteiger partial charge on any atom is 0.410 e. The fraction of sp³-hybridized carbons (Fsp3) is 0.545. The van der Waals surface area contributed by atoms with E-state index in [2.05, 4.69) is 21.2 Å². The van der Waals surface area contributed by atoms with Gasteiger partial charge < -0.3 is 34.1 Å². The van der Waals surface area contributed by atoms with Crippen molar-refractivity contribution >= 4 is 45.6 Å². The molecule has 0 radical (unpaired) electrons. The molecule has 1 aliphatic heterocycles. The number of ether oxygens (including phenoxy) is 4. The molecule has 3 rings (SSSR count). The third-order valence-corrected chi connectivity index (χ3v) is 7.53. The molecule has 0 unspecified atom stereocenters. The van der Waals surface area contributed by atoms with E-state index < -0.39 is 17.3 Å². The summed E-state index contributed by atoms with van der Waals surface area (Å²) in [4.78, 5) is 42.2. The lowest BCUT2D eigenvalue weighted by atomic mass is 9.99. The van der Waals surface area contributed by atoms with Crippen LogP contribution in [-0.4, -0.2) is 79.0 Å². The number of likely N-dealkylation sites (tertiary alicyclic amines) is 1. The highest BCUT2D eigenvalue weighted by atomic mass is 79.9. The normalized spacial score (nSPS) is 13.6. The zero-order valence-corrected chi connectivity index (χ0v) is 29.5. The van der Waals surface area contributed by atoms with Crippen LogP contribution in [-0.2, 0) is 27.4 Å². The molecule has 0 saturated carbocycles. The Bertz CT molecular complexity index is 1340. The Morgan fingerprint density at radius 3 is 2.33 bits per heavy atom. The molecule has 3 amide bonds. The minimum absolute atomic E-state index is 0.0373. The summed E-state index contributed by atoms with van der Waals surface area (Å²) in [6.07, 6.45) is -0.189. The van der Waals surface area contributed by atoms with E-state index in [9.17, 15) is 14.4 Å². The van der Waals surface area contributed by atoms with Crippen molar-refractivity contribution in [2.24, 2.45) is 5.92 Å². The molecule has 1 N–H and O–H groups in total. The number of hydrogen-bond donors (Lipinski definition) is 1. The van der Waals surface area contributed by atoms with Gasteiger partial charge in [-0.2, -0.15) is 0 Å². The minimum Gasteiger partial charge on any atom is -0.489 e. The molecular weight excluding hydrogens is 666 g/mol. The van der Waals surface area contributed by atoms with Crippen LogP contribution in [0.2, 0.25) is 5.02 Å². The second-order valence-electron chi connectivity index (χ2n) is 13.1. The van der Waals surface area contributed by atoms with Crippen molar-refractivity contribution in [2.45, 2.75) is 72.3 Å². The average molecular weight is 711 g/mol. The molecule has 0 bridgehead atoms. The summed E-state index contributed by atoms with van der Waals surface area (Å²) < 4.78 is 23.2. The summed E-state index contributed by atoms with van der Waals surface area (Å²) in [6.45, 7) is 13.6. The van der Waals surface area contributed by atoms with E-state index in [1.807, 2.05) is 53.7 Å². The van der Waals surface area contributed by atoms with Gasteiger partial charge in [-0.1, -0.05) is 33.6 Å². The number of benzene rings is 2. The van der Waals surface area contributed by atoms with E-state index >= 15 is 0 Å². The fourth-order valence-electron chi connectivity index (χ4n) is 4.51. The average Bonchev–Trinajstić information content (AvgIpc) is 2.89. The number of nitrogens with zero attached hydrogens (tertiary/aromatic N) is 2. The second-order valence-corrected chi connectivity index (χ2v) is 14.4. The third kappa shape index (κ3) is 12.4. The van der Waals surface area contributed by atoms with Gasteiger partial charge in [0.1, 0.15) is 23.6 Å². The zero-order chi connectivity index (χ0) is 33.4. The zero-order valence-electron chi connectivity index (χ0n) is 27.2. The first-order valence-corrected chi connectivity index (χ1v) is 16.1. The molecule has 2 aromatic carbocycles. The molecule has 12 heteroatoms. The molecule has 0 spiro atoms. The maximum absolute atomic E-state index is 13.4. The van der Waals surface area contributed by atoms with E-state index in [0.717, 1.165) is 10.0 Å². The van der Waals surface area contributed by atoms with Gasteiger partial charge in [-0.25, -0.2) is 9.59 Å². The van der Waals surface area contributed by atoms with Crippen molar-refractivity contribution < 1.29 is 33.3 Å². The van der Waals surface area contributed by atoms with Crippen LogP contribution >= 0.6 is 27.5 Å². The Morgan fingerprint density at radius 2 is 1.71 bits per heavy atom. The van der Waals surface area contributed by atoms with Gasteiger partial charge >= 0.3 is 12.2 Å². The number of halogens is 2. The molecule has 1 heterocycles. The molecule has 1 fully saturated rings. The van der Waals surface area contributed by atoms with Crippen molar-refractivity contribution in [1.82, 2.24) is 15.1 Å². The highest BCUT2D eigenvalue weighted by Crippen LogP contribution is 2.27. The largest absolute Gasteiger partial charge is 0.489 e. The number of carbonyl (C=O) groups is 3. The number of hydrogen-bond acceptors (Lipinski definition) is 7. The number of amides is 3. The summed E-state index contributed by atoms with van der Waals surface area (Å²) in [5, 5.41) is 3.52. The maximum atomic E-state index is 13.4. The lowest BCUT2D eigenvalue weighted by Gasteiger charge is -2.42. The Balaban J connectivity index is 1.82. The highest BCUT2D eigenvalue weighted by molar-refractivity contribution is 9.10. The molecule has 0 aromatic heterocycles. The van der Waals surface area contributed by atoms with Crippen molar-refractivity contribution in [2.75, 3.05) is 39.9 Å². The van der Waals surface area contributed by atoms with E-state index in [1.165, 1.54) is 0 Å². The van der Waals surface area contributed by atoms with Crippen LogP contribution < -0.4 is 10.1 Å². The Hall–Kier alpha value is -3.02. The predicted molar refractivity (Wildman–Crippen MR) is 177 cm³/mol. The third-order valence-electron chi connectivity index (χ3n) is 6.56. The summed E-state index contributed by atoms with van der Waals surface area (Å²) >= 11 is 9.61. The molecule has 10 nitrogen and oxygen atoms in total. The molecule has 248 valence electrons. The van der Waals surface area contributed by atoms with Crippen LogP contribution in [0.5, 0.6) is 5.75 Å². The van der Waals surface area contributed by atoms with Crippen LogP contribution in [0.1, 0.15) is 69.4 Å². The van der Waals surface area contributed by atoms with Crippen LogP contribution in [0, 0.1) is 5.92 Å². The van der Waals surface area contributed by atoms with E-state index in [0.29, 0.717) is 61.1 Å². The first-order chi connectivity index (χ1) is 21.0. The lowest BCUT2D eigenvalue weighted by Crippen LogP contribution is -2.55. The summed E-state index contributed by atoms with van der Waals surface area (Å²) in [5.74, 6) is 0.247. The summed E-state index contributed by atoms with van der Waals surface area (Å²) in [5.41, 5.74) is 0.680. The van der Waals surface area contributed by atoms with Gasteiger partial charge in [0.05, 0.1) is 0 Å². The van der Waals surface area contributed by atoms with Crippen LogP contribution in [0.25, 0.3) is 0 Å². The quantitative estimate of drug-likeness (QED) is 0.235. The summed E-state index contributed by atoms with van der Waals surface area (Å²) in [7, 11) is 1.61. The Labute approximate surface area is 279 Å². The first kappa shape index (κ1) is 36.4. The summed E-state index contributed by atoms with van der Waals surface area (Å²) in [6, 6.07) is 10.7. The monoisotopic (exact) mass is 709 g/mol. The number of methoxy groups -OCH3 is 1. The Morgan fingerprint density at radius 1 is 1.02 bits per heavy atom. The molecule has 1 saturated heterocycles. The van der Waals surface area contributed by atoms with Gasteiger partial charge in [0.2, 0.25) is 0 Å². The van der Waals surface area contributed by atoms with Gasteiger partial charge in [-0.05, 0) is 83.9 Å². The number of nitrogens with one attached hydrogen (secondary N) is 1. The van der Waals surface area contributed by atoms with Crippen molar-refractivity contribution in [3.8, 4) is 5.75 Å². The van der Waals surface area contributed by atoms with Crippen molar-refractivity contribution in [3.63, 3.8) is 0 Å². The van der Waals surface area contributed by atoms with Crippen molar-refractivity contribution in [3.05, 3.63) is 62.6 Å². The van der Waals surface area contributed by atoms with Gasteiger partial charge in [0.15, 0.2) is 0 Å². The lowest BCUT2D eigenvalue weighted by molar-refractivity contribution is -0.0123. The van der Waals surface area contributed by atoms with Gasteiger partial charge in [-0.3, -0.25) is 4.79 Å². The standard InChI is InChI=1S/C33H45BrClN3O7/c1-32(2,3)44-30(40)37(18-23-19-38(20-23)31(41)45-33(4,5)6)17-22-13-25(29(39)36-11-8-12-42-7)15-27(14-22)43-21-24-9-10-26(35)16-28(24)34/h9-10,13-16,23H,8,11-12,17-21H2,1-7H3,(H,36,39). The SMILES string of the molecule is COCCCNC(=O)c1cc(CN(CC2CN(C(=O)OC(C)(C)C)C2)C(=O)OC(C)(C)C)cc(OCc2ccc(Cl)cc2Br)c1. The molecule has 0 atom stereocenters. The van der Waals surface area contributed by atoms with Gasteiger partial charge in [-0.15, -0.1) is 0 Å². The molecule has 1 aliphatic rings. The smallest absolute Gasteiger partial charge is 0.410 e. The van der Waals surface area contributed by atoms with E-state index in [4.69, 9.17) is 30.5 Å². The van der Waals surface area contributed by atoms with Crippen LogP contribution in [0.4, 0.5) is 9.59 Å². The van der Waals surface area contributed by atoms with Crippen LogP contribution in [0.15, 0.2) is 40.9 Å². The first-order valence-electron chi connectivity index (χ1n) is 15.0. The molecular formula is C33H45BrClN3O7. The number of carbonyl (C=O) groups excluding carboxylic acids is 3. The topological polar surface area (TPSA) is 107 Å². The molecule has 45 heavy (non-hydrogen) atoms. The second kappa shape index (κ2) is 16.0. The van der Waals surface area contributed by atoms with Gasteiger partial charge in [0, 0.05) is 73.0 Å². The fourth-order valence-corrected chi connectivity index (χ4v) is 5.31. The predicted octanol–water partition coefficient (Wildman–Crippen LogP) is 7.05.